The van der Waals surface area contributed by atoms with Gasteiger partial charge in [0, 0.05) is 37.0 Å². The first-order valence-electron chi connectivity index (χ1n) is 7.19. The molecule has 7 nitrogen and oxygen atoms in total. The molecule has 114 valence electrons. The van der Waals surface area contributed by atoms with Crippen LogP contribution in [0.25, 0.3) is 0 Å². The summed E-state index contributed by atoms with van der Waals surface area (Å²) in [6, 6.07) is 8.00. The number of H-pyrrole nitrogens is 1. The summed E-state index contributed by atoms with van der Waals surface area (Å²) in [5, 5.41) is 18.0. The fourth-order valence-corrected chi connectivity index (χ4v) is 2.89. The Labute approximate surface area is 127 Å². The van der Waals surface area contributed by atoms with E-state index in [1.807, 2.05) is 6.07 Å². The number of para-hydroxylation sites is 1. The Bertz CT molecular complexity index is 684. The third-order valence-electron chi connectivity index (χ3n) is 4.00. The Morgan fingerprint density at radius 3 is 2.91 bits per heavy atom. The standard InChI is InChI=1S/C15H16N4O3/c20-15(12-5-1-2-6-14(12)19(21)22)18-9-3-4-11(10-18)13-7-8-16-17-13/h1-2,5-8,11H,3-4,9-10H2,(H,16,17). The van der Waals surface area contributed by atoms with Crippen molar-refractivity contribution in [3.63, 3.8) is 0 Å². The third kappa shape index (κ3) is 2.69. The molecule has 1 amide bonds. The monoisotopic (exact) mass is 300 g/mol. The molecular weight excluding hydrogens is 284 g/mol. The van der Waals surface area contributed by atoms with Crippen LogP contribution in [0.2, 0.25) is 0 Å². The van der Waals surface area contributed by atoms with E-state index in [0.717, 1.165) is 18.5 Å². The minimum absolute atomic E-state index is 0.142. The van der Waals surface area contributed by atoms with Crippen molar-refractivity contribution < 1.29 is 9.72 Å². The van der Waals surface area contributed by atoms with E-state index in [1.54, 1.807) is 23.2 Å². The Hall–Kier alpha value is -2.70. The number of nitrogens with one attached hydrogen (secondary N) is 1. The number of aromatic amines is 1. The van der Waals surface area contributed by atoms with Gasteiger partial charge in [-0.25, -0.2) is 0 Å². The van der Waals surface area contributed by atoms with Crippen LogP contribution in [0.5, 0.6) is 0 Å². The van der Waals surface area contributed by atoms with Gasteiger partial charge in [-0.05, 0) is 25.0 Å². The molecule has 7 heteroatoms. The van der Waals surface area contributed by atoms with Gasteiger partial charge in [0.1, 0.15) is 5.56 Å². The van der Waals surface area contributed by atoms with Gasteiger partial charge in [0.25, 0.3) is 11.6 Å². The zero-order valence-corrected chi connectivity index (χ0v) is 11.9. The van der Waals surface area contributed by atoms with Crippen molar-refractivity contribution in [2.75, 3.05) is 13.1 Å². The second-order valence-corrected chi connectivity index (χ2v) is 5.38. The van der Waals surface area contributed by atoms with Crippen LogP contribution in [0.4, 0.5) is 5.69 Å². The maximum Gasteiger partial charge on any atom is 0.282 e. The van der Waals surface area contributed by atoms with Crippen LogP contribution in [0.1, 0.15) is 34.8 Å². The number of nitrogens with zero attached hydrogens (tertiary/aromatic N) is 3. The Kier molecular flexibility index (Phi) is 3.86. The highest BCUT2D eigenvalue weighted by Crippen LogP contribution is 2.28. The molecule has 22 heavy (non-hydrogen) atoms. The summed E-state index contributed by atoms with van der Waals surface area (Å²) in [4.78, 5) is 24.9. The second-order valence-electron chi connectivity index (χ2n) is 5.38. The van der Waals surface area contributed by atoms with Gasteiger partial charge in [-0.3, -0.25) is 20.0 Å². The van der Waals surface area contributed by atoms with Crippen molar-refractivity contribution in [1.82, 2.24) is 15.1 Å². The molecule has 1 atom stereocenters. The van der Waals surface area contributed by atoms with E-state index in [9.17, 15) is 14.9 Å². The van der Waals surface area contributed by atoms with Gasteiger partial charge in [-0.2, -0.15) is 5.10 Å². The lowest BCUT2D eigenvalue weighted by atomic mass is 9.94. The average molecular weight is 300 g/mol. The summed E-state index contributed by atoms with van der Waals surface area (Å²) >= 11 is 0. The second kappa shape index (κ2) is 5.97. The zero-order valence-electron chi connectivity index (χ0n) is 11.9. The van der Waals surface area contributed by atoms with Crippen molar-refractivity contribution >= 4 is 11.6 Å². The third-order valence-corrected chi connectivity index (χ3v) is 4.00. The minimum atomic E-state index is -0.510. The van der Waals surface area contributed by atoms with Gasteiger partial charge >= 0.3 is 0 Å². The number of hydrogen-bond donors (Lipinski definition) is 1. The molecule has 1 aliphatic heterocycles. The van der Waals surface area contributed by atoms with Crippen LogP contribution >= 0.6 is 0 Å². The molecule has 3 rings (SSSR count). The number of hydrogen-bond acceptors (Lipinski definition) is 4. The number of carbonyl (C=O) groups is 1. The van der Waals surface area contributed by atoms with Crippen molar-refractivity contribution in [1.29, 1.82) is 0 Å². The predicted molar refractivity (Wildman–Crippen MR) is 79.6 cm³/mol. The molecule has 0 radical (unpaired) electrons. The highest BCUT2D eigenvalue weighted by molar-refractivity contribution is 5.98. The number of piperidine rings is 1. The highest BCUT2D eigenvalue weighted by Gasteiger charge is 2.29. The number of nitro benzene ring substituents is 1. The molecular formula is C15H16N4O3. The molecule has 1 fully saturated rings. The molecule has 2 heterocycles. The van der Waals surface area contributed by atoms with Crippen LogP contribution in [0.15, 0.2) is 36.5 Å². The first kappa shape index (κ1) is 14.2. The van der Waals surface area contributed by atoms with Crippen LogP contribution < -0.4 is 0 Å². The predicted octanol–water partition coefficient (Wildman–Crippen LogP) is 2.34. The lowest BCUT2D eigenvalue weighted by Crippen LogP contribution is -2.39. The van der Waals surface area contributed by atoms with Crippen molar-refractivity contribution in [2.45, 2.75) is 18.8 Å². The number of benzene rings is 1. The molecule has 1 aromatic heterocycles. The van der Waals surface area contributed by atoms with Crippen LogP contribution in [0, 0.1) is 10.1 Å². The molecule has 1 aromatic carbocycles. The summed E-state index contributed by atoms with van der Waals surface area (Å²) in [6.07, 6.45) is 3.54. The molecule has 0 saturated carbocycles. The number of rotatable bonds is 3. The summed E-state index contributed by atoms with van der Waals surface area (Å²) in [6.45, 7) is 1.17. The smallest absolute Gasteiger partial charge is 0.282 e. The van der Waals surface area contributed by atoms with Crippen LogP contribution in [0.3, 0.4) is 0 Å². The Balaban J connectivity index is 1.82. The number of aromatic nitrogens is 2. The molecule has 0 aliphatic carbocycles. The topological polar surface area (TPSA) is 92.1 Å². The molecule has 1 saturated heterocycles. The minimum Gasteiger partial charge on any atom is -0.338 e. The first-order valence-corrected chi connectivity index (χ1v) is 7.19. The SMILES string of the molecule is O=C(c1ccccc1[N+](=O)[O-])N1CCCC(c2ccn[nH]2)C1. The van der Waals surface area contributed by atoms with Gasteiger partial charge in [0.15, 0.2) is 0 Å². The van der Waals surface area contributed by atoms with Crippen LogP contribution in [-0.2, 0) is 0 Å². The van der Waals surface area contributed by atoms with Gasteiger partial charge in [-0.1, -0.05) is 12.1 Å². The summed E-state index contributed by atoms with van der Waals surface area (Å²) < 4.78 is 0. The fraction of sp³-hybridized carbons (Fsp3) is 0.333. The Morgan fingerprint density at radius 1 is 1.36 bits per heavy atom. The van der Waals surface area contributed by atoms with E-state index in [1.165, 1.54) is 12.1 Å². The van der Waals surface area contributed by atoms with Crippen molar-refractivity contribution in [3.05, 3.63) is 57.9 Å². The lowest BCUT2D eigenvalue weighted by molar-refractivity contribution is -0.385. The maximum absolute atomic E-state index is 12.6. The van der Waals surface area contributed by atoms with E-state index in [0.29, 0.717) is 13.1 Å². The summed E-state index contributed by atoms with van der Waals surface area (Å²) in [5.74, 6) is -0.0838. The number of likely N-dealkylation sites (tertiary alicyclic amines) is 1. The van der Waals surface area contributed by atoms with E-state index in [4.69, 9.17) is 0 Å². The molecule has 0 spiro atoms. The zero-order chi connectivity index (χ0) is 15.5. The molecule has 0 bridgehead atoms. The van der Waals surface area contributed by atoms with E-state index >= 15 is 0 Å². The van der Waals surface area contributed by atoms with Crippen LogP contribution in [-0.4, -0.2) is 39.0 Å². The average Bonchev–Trinajstić information content (AvgIpc) is 3.09. The van der Waals surface area contributed by atoms with E-state index in [-0.39, 0.29) is 23.1 Å². The van der Waals surface area contributed by atoms with Crippen molar-refractivity contribution in [3.8, 4) is 0 Å². The van der Waals surface area contributed by atoms with Gasteiger partial charge in [0.05, 0.1) is 4.92 Å². The first-order chi connectivity index (χ1) is 10.7. The number of carbonyl (C=O) groups excluding carboxylic acids is 1. The lowest BCUT2D eigenvalue weighted by Gasteiger charge is -2.32. The quantitative estimate of drug-likeness (QED) is 0.695. The largest absolute Gasteiger partial charge is 0.338 e. The maximum atomic E-state index is 12.6. The van der Waals surface area contributed by atoms with E-state index < -0.39 is 4.92 Å². The van der Waals surface area contributed by atoms with Crippen molar-refractivity contribution in [2.24, 2.45) is 0 Å². The number of amides is 1. The molecule has 1 aliphatic rings. The molecule has 1 N–H and O–H groups in total. The normalized spacial score (nSPS) is 18.2. The fourth-order valence-electron chi connectivity index (χ4n) is 2.89. The Morgan fingerprint density at radius 2 is 2.18 bits per heavy atom. The van der Waals surface area contributed by atoms with Gasteiger partial charge in [0.2, 0.25) is 0 Å². The molecule has 2 aromatic rings. The summed E-state index contributed by atoms with van der Waals surface area (Å²) in [7, 11) is 0. The van der Waals surface area contributed by atoms with E-state index in [2.05, 4.69) is 10.2 Å². The summed E-state index contributed by atoms with van der Waals surface area (Å²) in [5.41, 5.74) is 1.01. The number of nitro groups is 1. The molecule has 1 unspecified atom stereocenters. The highest BCUT2D eigenvalue weighted by atomic mass is 16.6. The van der Waals surface area contributed by atoms with Gasteiger partial charge < -0.3 is 4.90 Å². The van der Waals surface area contributed by atoms with Gasteiger partial charge in [-0.15, -0.1) is 0 Å².